The highest BCUT2D eigenvalue weighted by Crippen LogP contribution is 2.14. The molecule has 0 radical (unpaired) electrons. The second-order valence-corrected chi connectivity index (χ2v) is 6.25. The van der Waals surface area contributed by atoms with Crippen LogP contribution in [0.1, 0.15) is 28.4 Å². The second-order valence-electron chi connectivity index (χ2n) is 5.84. The Morgan fingerprint density at radius 3 is 2.38 bits per heavy atom. The van der Waals surface area contributed by atoms with Crippen LogP contribution in [0.25, 0.3) is 0 Å². The van der Waals surface area contributed by atoms with E-state index < -0.39 is 0 Å². The van der Waals surface area contributed by atoms with Crippen LogP contribution in [0.15, 0.2) is 53.5 Å². The van der Waals surface area contributed by atoms with Crippen LogP contribution in [-0.4, -0.2) is 31.5 Å². The van der Waals surface area contributed by atoms with Crippen molar-refractivity contribution >= 4 is 23.5 Å². The maximum Gasteiger partial charge on any atom is 0.252 e. The minimum atomic E-state index is -0.181. The number of amides is 1. The molecule has 1 amide bonds. The first-order chi connectivity index (χ1) is 12.6. The topological polar surface area (TPSA) is 65.5 Å². The van der Waals surface area contributed by atoms with Gasteiger partial charge in [0.2, 0.25) is 0 Å². The number of benzene rings is 2. The molecule has 0 atom stereocenters. The number of hydrogen-bond acceptors (Lipinski definition) is 2. The summed E-state index contributed by atoms with van der Waals surface area (Å²) in [7, 11) is 0. The van der Waals surface area contributed by atoms with E-state index >= 15 is 0 Å². The van der Waals surface area contributed by atoms with E-state index in [-0.39, 0.29) is 5.91 Å². The fourth-order valence-corrected chi connectivity index (χ4v) is 2.52. The number of carbonyl (C=O) groups is 1. The Bertz CT molecular complexity index is 744. The predicted octanol–water partition coefficient (Wildman–Crippen LogP) is 3.13. The van der Waals surface area contributed by atoms with Gasteiger partial charge in [-0.3, -0.25) is 4.79 Å². The van der Waals surface area contributed by atoms with E-state index in [1.54, 1.807) is 24.3 Å². The Balaban J connectivity index is 1.80. The molecule has 2 aromatic rings. The molecule has 0 aliphatic carbocycles. The smallest absolute Gasteiger partial charge is 0.252 e. The average Bonchev–Trinajstić information content (AvgIpc) is 2.64. The number of nitrogens with zero attached hydrogens (tertiary/aromatic N) is 1. The highest BCUT2D eigenvalue weighted by Gasteiger charge is 2.08. The fourth-order valence-electron chi connectivity index (χ4n) is 2.30. The third kappa shape index (κ3) is 6.41. The minimum Gasteiger partial charge on any atom is -0.357 e. The quantitative estimate of drug-likeness (QED) is 0.397. The number of aliphatic imine (C=N–C) groups is 1. The van der Waals surface area contributed by atoms with Gasteiger partial charge in [-0.1, -0.05) is 53.6 Å². The van der Waals surface area contributed by atoms with Crippen molar-refractivity contribution in [3.05, 3.63) is 70.2 Å². The summed E-state index contributed by atoms with van der Waals surface area (Å²) in [6.45, 7) is 6.49. The molecule has 2 aromatic carbocycles. The lowest BCUT2D eigenvalue weighted by Gasteiger charge is -2.12. The summed E-state index contributed by atoms with van der Waals surface area (Å²) in [5.74, 6) is 0.541. The summed E-state index contributed by atoms with van der Waals surface area (Å²) in [5, 5.41) is 9.71. The summed E-state index contributed by atoms with van der Waals surface area (Å²) in [5.41, 5.74) is 2.87. The fraction of sp³-hybridized carbons (Fsp3) is 0.300. The predicted molar refractivity (Wildman–Crippen MR) is 108 cm³/mol. The number of carbonyl (C=O) groups excluding carboxylic acids is 1. The molecule has 0 fully saturated rings. The molecular weight excluding hydrogens is 348 g/mol. The monoisotopic (exact) mass is 372 g/mol. The first-order valence-electron chi connectivity index (χ1n) is 8.70. The Morgan fingerprint density at radius 1 is 1.00 bits per heavy atom. The zero-order valence-corrected chi connectivity index (χ0v) is 15.9. The summed E-state index contributed by atoms with van der Waals surface area (Å²) in [4.78, 5) is 16.7. The van der Waals surface area contributed by atoms with Crippen molar-refractivity contribution in [3.8, 4) is 0 Å². The van der Waals surface area contributed by atoms with Gasteiger partial charge in [-0.15, -0.1) is 0 Å². The number of hydrogen-bond donors (Lipinski definition) is 3. The van der Waals surface area contributed by atoms with Crippen molar-refractivity contribution in [2.75, 3.05) is 19.6 Å². The Kier molecular flexibility index (Phi) is 7.96. The van der Waals surface area contributed by atoms with Crippen LogP contribution >= 0.6 is 11.6 Å². The lowest BCUT2D eigenvalue weighted by Crippen LogP contribution is -2.41. The number of nitrogens with one attached hydrogen (secondary N) is 3. The lowest BCUT2D eigenvalue weighted by molar-refractivity contribution is 0.0954. The van der Waals surface area contributed by atoms with Crippen molar-refractivity contribution < 1.29 is 4.79 Å². The normalized spacial score (nSPS) is 11.1. The average molecular weight is 373 g/mol. The minimum absolute atomic E-state index is 0.181. The third-order valence-electron chi connectivity index (χ3n) is 3.71. The zero-order chi connectivity index (χ0) is 18.8. The molecule has 2 rings (SSSR count). The molecule has 0 saturated heterocycles. The molecule has 0 spiro atoms. The van der Waals surface area contributed by atoms with Crippen LogP contribution in [0, 0.1) is 6.92 Å². The molecule has 138 valence electrons. The molecule has 0 aliphatic heterocycles. The van der Waals surface area contributed by atoms with Crippen LogP contribution in [0.5, 0.6) is 0 Å². The zero-order valence-electron chi connectivity index (χ0n) is 15.2. The van der Waals surface area contributed by atoms with Crippen LogP contribution < -0.4 is 16.0 Å². The summed E-state index contributed by atoms with van der Waals surface area (Å²) >= 11 is 6.03. The summed E-state index contributed by atoms with van der Waals surface area (Å²) < 4.78 is 0. The van der Waals surface area contributed by atoms with Gasteiger partial charge in [0.25, 0.3) is 5.91 Å². The van der Waals surface area contributed by atoms with Gasteiger partial charge < -0.3 is 16.0 Å². The maximum absolute atomic E-state index is 12.1. The molecule has 0 aliphatic rings. The molecule has 3 N–H and O–H groups in total. The molecule has 26 heavy (non-hydrogen) atoms. The van der Waals surface area contributed by atoms with Gasteiger partial charge in [0.05, 0.1) is 17.1 Å². The van der Waals surface area contributed by atoms with Crippen LogP contribution in [0.3, 0.4) is 0 Å². The SMILES string of the molecule is CCNC(=NCc1ccc(C)cc1)NCCNC(=O)c1ccccc1Cl. The second kappa shape index (κ2) is 10.5. The number of halogens is 1. The molecule has 0 heterocycles. The van der Waals surface area contributed by atoms with Crippen LogP contribution in [-0.2, 0) is 6.54 Å². The van der Waals surface area contributed by atoms with Gasteiger partial charge in [0.1, 0.15) is 0 Å². The van der Waals surface area contributed by atoms with Crippen molar-refractivity contribution in [1.82, 2.24) is 16.0 Å². The van der Waals surface area contributed by atoms with E-state index in [1.807, 2.05) is 6.92 Å². The largest absolute Gasteiger partial charge is 0.357 e. The highest BCUT2D eigenvalue weighted by molar-refractivity contribution is 6.33. The molecule has 0 aromatic heterocycles. The van der Waals surface area contributed by atoms with Gasteiger partial charge in [-0.05, 0) is 31.5 Å². The van der Waals surface area contributed by atoms with E-state index in [1.165, 1.54) is 5.56 Å². The van der Waals surface area contributed by atoms with Crippen molar-refractivity contribution in [1.29, 1.82) is 0 Å². The third-order valence-corrected chi connectivity index (χ3v) is 4.04. The van der Waals surface area contributed by atoms with E-state index in [2.05, 4.69) is 52.1 Å². The summed E-state index contributed by atoms with van der Waals surface area (Å²) in [6, 6.07) is 15.3. The molecule has 0 bridgehead atoms. The molecule has 5 nitrogen and oxygen atoms in total. The molecule has 6 heteroatoms. The van der Waals surface area contributed by atoms with Gasteiger partial charge in [-0.2, -0.15) is 0 Å². The molecule has 0 unspecified atom stereocenters. The molecular formula is C20H25ClN4O. The standard InChI is InChI=1S/C20H25ClN4O/c1-3-22-20(25-14-16-10-8-15(2)9-11-16)24-13-12-23-19(26)17-6-4-5-7-18(17)21/h4-11H,3,12-14H2,1-2H3,(H,23,26)(H2,22,24,25). The first kappa shape index (κ1) is 19.8. The van der Waals surface area contributed by atoms with Gasteiger partial charge in [0, 0.05) is 19.6 Å². The van der Waals surface area contributed by atoms with E-state index in [0.717, 1.165) is 18.1 Å². The Morgan fingerprint density at radius 2 is 1.69 bits per heavy atom. The number of guanidine groups is 1. The van der Waals surface area contributed by atoms with Crippen LogP contribution in [0.2, 0.25) is 5.02 Å². The van der Waals surface area contributed by atoms with E-state index in [9.17, 15) is 4.79 Å². The van der Waals surface area contributed by atoms with Crippen molar-refractivity contribution in [2.45, 2.75) is 20.4 Å². The van der Waals surface area contributed by atoms with Crippen molar-refractivity contribution in [3.63, 3.8) is 0 Å². The van der Waals surface area contributed by atoms with Gasteiger partial charge >= 0.3 is 0 Å². The Hall–Kier alpha value is -2.53. The Labute approximate surface area is 159 Å². The van der Waals surface area contributed by atoms with Crippen molar-refractivity contribution in [2.24, 2.45) is 4.99 Å². The number of aryl methyl sites for hydroxylation is 1. The lowest BCUT2D eigenvalue weighted by atomic mass is 10.1. The van der Waals surface area contributed by atoms with E-state index in [4.69, 9.17) is 11.6 Å². The number of rotatable bonds is 7. The van der Waals surface area contributed by atoms with Gasteiger partial charge in [0.15, 0.2) is 5.96 Å². The van der Waals surface area contributed by atoms with Gasteiger partial charge in [-0.25, -0.2) is 4.99 Å². The van der Waals surface area contributed by atoms with E-state index in [0.29, 0.717) is 30.2 Å². The summed E-state index contributed by atoms with van der Waals surface area (Å²) in [6.07, 6.45) is 0. The van der Waals surface area contributed by atoms with Crippen LogP contribution in [0.4, 0.5) is 0 Å². The maximum atomic E-state index is 12.1. The first-order valence-corrected chi connectivity index (χ1v) is 9.08. The highest BCUT2D eigenvalue weighted by atomic mass is 35.5. The molecule has 0 saturated carbocycles.